The zero-order chi connectivity index (χ0) is 15.6. The monoisotopic (exact) mass is 313 g/mol. The van der Waals surface area contributed by atoms with Gasteiger partial charge in [-0.05, 0) is 57.5 Å². The molecule has 5 nitrogen and oxygen atoms in total. The van der Waals surface area contributed by atoms with Crippen LogP contribution in [0.2, 0.25) is 0 Å². The Labute approximate surface area is 138 Å². The van der Waals surface area contributed by atoms with Gasteiger partial charge in [-0.2, -0.15) is 0 Å². The second-order valence-corrected chi connectivity index (χ2v) is 6.85. The molecule has 1 N–H and O–H groups in total. The molecule has 2 unspecified atom stereocenters. The quantitative estimate of drug-likeness (QED) is 0.943. The first-order valence-electron chi connectivity index (χ1n) is 9.15. The zero-order valence-corrected chi connectivity index (χ0v) is 14.0. The predicted molar refractivity (Wildman–Crippen MR) is 92.4 cm³/mol. The third-order valence-electron chi connectivity index (χ3n) is 5.45. The summed E-state index contributed by atoms with van der Waals surface area (Å²) >= 11 is 0. The molecule has 2 saturated heterocycles. The van der Waals surface area contributed by atoms with Gasteiger partial charge >= 0.3 is 0 Å². The number of pyridine rings is 1. The molecule has 0 bridgehead atoms. The number of fused-ring (bicyclic) bond motifs is 1. The second-order valence-electron chi connectivity index (χ2n) is 6.85. The molecule has 2 atom stereocenters. The molecule has 0 spiro atoms. The summed E-state index contributed by atoms with van der Waals surface area (Å²) in [6.45, 7) is 6.77. The van der Waals surface area contributed by atoms with E-state index in [4.69, 9.17) is 4.98 Å². The summed E-state index contributed by atoms with van der Waals surface area (Å²) in [7, 11) is 0. The van der Waals surface area contributed by atoms with Crippen LogP contribution < -0.4 is 5.32 Å². The SMILES string of the molecule is CCN1CCCC1Cn1c(C2CCCCN2)nc2cccnc21. The zero-order valence-electron chi connectivity index (χ0n) is 14.0. The Morgan fingerprint density at radius 3 is 3.04 bits per heavy atom. The fraction of sp³-hybridized carbons (Fsp3) is 0.667. The van der Waals surface area contributed by atoms with Crippen molar-refractivity contribution >= 4 is 11.2 Å². The van der Waals surface area contributed by atoms with Crippen LogP contribution >= 0.6 is 0 Å². The molecule has 2 fully saturated rings. The number of hydrogen-bond donors (Lipinski definition) is 1. The van der Waals surface area contributed by atoms with Gasteiger partial charge in [0.15, 0.2) is 5.65 Å². The van der Waals surface area contributed by atoms with Crippen molar-refractivity contribution in [2.45, 2.75) is 57.7 Å². The molecule has 2 aliphatic heterocycles. The molecule has 0 radical (unpaired) electrons. The molecular weight excluding hydrogens is 286 g/mol. The van der Waals surface area contributed by atoms with E-state index in [-0.39, 0.29) is 0 Å². The third kappa shape index (κ3) is 2.88. The molecule has 0 aliphatic carbocycles. The smallest absolute Gasteiger partial charge is 0.160 e. The lowest BCUT2D eigenvalue weighted by molar-refractivity contribution is 0.241. The van der Waals surface area contributed by atoms with Gasteiger partial charge in [0, 0.05) is 18.8 Å². The van der Waals surface area contributed by atoms with Gasteiger partial charge in [-0.25, -0.2) is 9.97 Å². The van der Waals surface area contributed by atoms with Crippen molar-refractivity contribution in [1.29, 1.82) is 0 Å². The number of likely N-dealkylation sites (N-methyl/N-ethyl adjacent to an activating group) is 1. The molecule has 23 heavy (non-hydrogen) atoms. The number of piperidine rings is 1. The Morgan fingerprint density at radius 1 is 1.26 bits per heavy atom. The van der Waals surface area contributed by atoms with E-state index in [1.807, 2.05) is 12.3 Å². The molecule has 2 aromatic heterocycles. The Hall–Kier alpha value is -1.46. The topological polar surface area (TPSA) is 46.0 Å². The normalized spacial score (nSPS) is 26.1. The highest BCUT2D eigenvalue weighted by molar-refractivity contribution is 5.71. The van der Waals surface area contributed by atoms with Gasteiger partial charge in [-0.15, -0.1) is 0 Å². The van der Waals surface area contributed by atoms with Gasteiger partial charge in [-0.3, -0.25) is 4.90 Å². The molecule has 2 aromatic rings. The van der Waals surface area contributed by atoms with Crippen LogP contribution in [0.15, 0.2) is 18.3 Å². The van der Waals surface area contributed by atoms with E-state index in [0.717, 1.165) is 30.8 Å². The van der Waals surface area contributed by atoms with Crippen molar-refractivity contribution in [2.24, 2.45) is 0 Å². The first-order valence-corrected chi connectivity index (χ1v) is 9.15. The first kappa shape index (κ1) is 15.1. The molecular formula is C18H27N5. The minimum Gasteiger partial charge on any atom is -0.310 e. The molecule has 5 heteroatoms. The summed E-state index contributed by atoms with van der Waals surface area (Å²) in [5, 5.41) is 3.66. The lowest BCUT2D eigenvalue weighted by Gasteiger charge is -2.27. The van der Waals surface area contributed by atoms with Gasteiger partial charge in [0.2, 0.25) is 0 Å². The molecule has 0 saturated carbocycles. The van der Waals surface area contributed by atoms with Crippen LogP contribution in [-0.4, -0.2) is 45.1 Å². The van der Waals surface area contributed by atoms with E-state index in [1.165, 1.54) is 44.5 Å². The van der Waals surface area contributed by atoms with Gasteiger partial charge in [0.25, 0.3) is 0 Å². The van der Waals surface area contributed by atoms with E-state index in [1.54, 1.807) is 0 Å². The van der Waals surface area contributed by atoms with Crippen molar-refractivity contribution in [2.75, 3.05) is 19.6 Å². The maximum Gasteiger partial charge on any atom is 0.160 e. The standard InChI is InChI=1S/C18H27N5/c1-2-22-12-6-7-14(22)13-23-17-16(9-5-11-20-17)21-18(23)15-8-3-4-10-19-15/h5,9,11,14-15,19H,2-4,6-8,10,12-13H2,1H3. The van der Waals surface area contributed by atoms with E-state index < -0.39 is 0 Å². The highest BCUT2D eigenvalue weighted by Crippen LogP contribution is 2.28. The summed E-state index contributed by atoms with van der Waals surface area (Å²) < 4.78 is 2.40. The van der Waals surface area contributed by atoms with E-state index in [9.17, 15) is 0 Å². The largest absolute Gasteiger partial charge is 0.310 e. The van der Waals surface area contributed by atoms with E-state index >= 15 is 0 Å². The maximum absolute atomic E-state index is 4.95. The van der Waals surface area contributed by atoms with Gasteiger partial charge in [0.05, 0.1) is 6.04 Å². The maximum atomic E-state index is 4.95. The highest BCUT2D eigenvalue weighted by atomic mass is 15.2. The van der Waals surface area contributed by atoms with Crippen LogP contribution in [0.1, 0.15) is 50.9 Å². The van der Waals surface area contributed by atoms with Crippen LogP contribution in [0.4, 0.5) is 0 Å². The summed E-state index contributed by atoms with van der Waals surface area (Å²) in [6, 6.07) is 5.10. The fourth-order valence-corrected chi connectivity index (χ4v) is 4.22. The number of aromatic nitrogens is 3. The predicted octanol–water partition coefficient (Wildman–Crippen LogP) is 2.73. The number of nitrogens with one attached hydrogen (secondary N) is 1. The van der Waals surface area contributed by atoms with Crippen molar-refractivity contribution in [3.8, 4) is 0 Å². The van der Waals surface area contributed by atoms with Crippen molar-refractivity contribution in [1.82, 2.24) is 24.8 Å². The third-order valence-corrected chi connectivity index (χ3v) is 5.45. The van der Waals surface area contributed by atoms with Crippen LogP contribution in [0.3, 0.4) is 0 Å². The highest BCUT2D eigenvalue weighted by Gasteiger charge is 2.28. The van der Waals surface area contributed by atoms with E-state index in [0.29, 0.717) is 12.1 Å². The van der Waals surface area contributed by atoms with E-state index in [2.05, 4.69) is 32.8 Å². The molecule has 4 heterocycles. The number of imidazole rings is 1. The lowest BCUT2D eigenvalue weighted by Crippen LogP contribution is -2.35. The Balaban J connectivity index is 1.70. The molecule has 0 amide bonds. The van der Waals surface area contributed by atoms with Crippen LogP contribution in [0, 0.1) is 0 Å². The minimum absolute atomic E-state index is 0.384. The Morgan fingerprint density at radius 2 is 2.22 bits per heavy atom. The van der Waals surface area contributed by atoms with Crippen LogP contribution in [0.5, 0.6) is 0 Å². The summed E-state index contributed by atoms with van der Waals surface area (Å²) in [5.41, 5.74) is 2.09. The number of rotatable bonds is 4. The Kier molecular flexibility index (Phi) is 4.31. The average Bonchev–Trinajstić information content (AvgIpc) is 3.21. The van der Waals surface area contributed by atoms with Crippen molar-refractivity contribution in [3.63, 3.8) is 0 Å². The molecule has 4 rings (SSSR count). The molecule has 0 aromatic carbocycles. The molecule has 2 aliphatic rings. The fourth-order valence-electron chi connectivity index (χ4n) is 4.22. The summed E-state index contributed by atoms with van der Waals surface area (Å²) in [4.78, 5) is 12.2. The minimum atomic E-state index is 0.384. The van der Waals surface area contributed by atoms with Crippen molar-refractivity contribution < 1.29 is 0 Å². The Bertz CT molecular complexity index is 658. The van der Waals surface area contributed by atoms with Gasteiger partial charge in [-0.1, -0.05) is 13.3 Å². The van der Waals surface area contributed by atoms with Crippen LogP contribution in [0.25, 0.3) is 11.2 Å². The van der Waals surface area contributed by atoms with Gasteiger partial charge < -0.3 is 9.88 Å². The van der Waals surface area contributed by atoms with Gasteiger partial charge in [0.1, 0.15) is 11.3 Å². The average molecular weight is 313 g/mol. The second kappa shape index (κ2) is 6.57. The number of likely N-dealkylation sites (tertiary alicyclic amines) is 1. The van der Waals surface area contributed by atoms with Crippen molar-refractivity contribution in [3.05, 3.63) is 24.2 Å². The number of nitrogens with zero attached hydrogens (tertiary/aromatic N) is 4. The van der Waals surface area contributed by atoms with Crippen LogP contribution in [-0.2, 0) is 6.54 Å². The summed E-state index contributed by atoms with van der Waals surface area (Å²) in [6.07, 6.45) is 8.25. The first-order chi connectivity index (χ1) is 11.4. The summed E-state index contributed by atoms with van der Waals surface area (Å²) in [5.74, 6) is 1.20. The number of hydrogen-bond acceptors (Lipinski definition) is 4. The molecule has 124 valence electrons. The lowest BCUT2D eigenvalue weighted by atomic mass is 10.0.